The molecule has 1 aliphatic heterocycles. The third-order valence-corrected chi connectivity index (χ3v) is 5.18. The first kappa shape index (κ1) is 17.4. The van der Waals surface area contributed by atoms with Crippen LogP contribution in [0, 0.1) is 0 Å². The molecule has 3 aromatic rings. The van der Waals surface area contributed by atoms with Crippen molar-refractivity contribution >= 4 is 33.2 Å². The molecule has 0 radical (unpaired) electrons. The smallest absolute Gasteiger partial charge is 0.335 e. The summed E-state index contributed by atoms with van der Waals surface area (Å²) in [5, 5.41) is 20.2. The lowest BCUT2D eigenvalue weighted by molar-refractivity contribution is 0.0697. The predicted molar refractivity (Wildman–Crippen MR) is 103 cm³/mol. The summed E-state index contributed by atoms with van der Waals surface area (Å²) in [7, 11) is 0. The molecule has 0 amide bonds. The van der Waals surface area contributed by atoms with Crippen LogP contribution in [0.5, 0.6) is 0 Å². The fourth-order valence-electron chi connectivity index (χ4n) is 2.87. The van der Waals surface area contributed by atoms with Crippen molar-refractivity contribution in [2.75, 3.05) is 36.4 Å². The number of carboxylic acid groups (broad SMARTS) is 1. The maximum atomic E-state index is 12.4. The summed E-state index contributed by atoms with van der Waals surface area (Å²) in [6, 6.07) is 8.13. The second-order valence-electron chi connectivity index (χ2n) is 6.15. The Hall–Kier alpha value is -2.98. The number of aromatic nitrogens is 3. The fraction of sp³-hybridized carbons (Fsp3) is 0.294. The maximum absolute atomic E-state index is 12.4. The molecule has 1 aromatic carbocycles. The van der Waals surface area contributed by atoms with Crippen LogP contribution >= 0.6 is 11.3 Å². The quantitative estimate of drug-likeness (QED) is 0.592. The molecule has 2 aromatic heterocycles. The molecular weight excluding hydrogens is 368 g/mol. The Morgan fingerprint density at radius 2 is 2.00 bits per heavy atom. The van der Waals surface area contributed by atoms with E-state index in [9.17, 15) is 9.59 Å². The lowest BCUT2D eigenvalue weighted by Crippen LogP contribution is -2.44. The number of aromatic carboxylic acids is 1. The zero-order chi connectivity index (χ0) is 18.8. The van der Waals surface area contributed by atoms with Gasteiger partial charge in [0.2, 0.25) is 10.1 Å². The van der Waals surface area contributed by atoms with E-state index in [1.165, 1.54) is 21.9 Å². The molecule has 0 saturated carbocycles. The number of hydrogen-bond donors (Lipinski definition) is 3. The van der Waals surface area contributed by atoms with E-state index in [1.54, 1.807) is 24.3 Å². The minimum Gasteiger partial charge on any atom is -0.478 e. The van der Waals surface area contributed by atoms with Gasteiger partial charge in [0.25, 0.3) is 5.56 Å². The predicted octanol–water partition coefficient (Wildman–Crippen LogP) is 0.871. The van der Waals surface area contributed by atoms with Crippen molar-refractivity contribution in [3.05, 3.63) is 51.8 Å². The molecule has 1 fully saturated rings. The minimum atomic E-state index is -0.952. The summed E-state index contributed by atoms with van der Waals surface area (Å²) < 4.78 is 1.30. The highest BCUT2D eigenvalue weighted by Crippen LogP contribution is 2.20. The van der Waals surface area contributed by atoms with E-state index in [0.717, 1.165) is 31.7 Å². The molecule has 1 saturated heterocycles. The standard InChI is InChI=1S/C17H18N6O3S/c24-14-9-13(22-7-5-18-6-8-22)20-17-23(14)21-16(27-17)19-10-11-1-3-12(4-2-11)15(25)26/h1-4,9,18H,5-8,10H2,(H,19,21)(H,25,26). The van der Waals surface area contributed by atoms with Crippen LogP contribution in [-0.2, 0) is 6.54 Å². The number of nitrogens with zero attached hydrogens (tertiary/aromatic N) is 4. The van der Waals surface area contributed by atoms with Gasteiger partial charge in [-0.3, -0.25) is 4.79 Å². The Morgan fingerprint density at radius 3 is 2.70 bits per heavy atom. The summed E-state index contributed by atoms with van der Waals surface area (Å²) in [6.07, 6.45) is 0. The third-order valence-electron chi connectivity index (χ3n) is 4.32. The highest BCUT2D eigenvalue weighted by Gasteiger charge is 2.15. The van der Waals surface area contributed by atoms with E-state index in [0.29, 0.717) is 22.5 Å². The monoisotopic (exact) mass is 386 g/mol. The van der Waals surface area contributed by atoms with Crippen LogP contribution in [-0.4, -0.2) is 51.9 Å². The van der Waals surface area contributed by atoms with Crippen molar-refractivity contribution < 1.29 is 9.90 Å². The minimum absolute atomic E-state index is 0.205. The number of anilines is 2. The van der Waals surface area contributed by atoms with Gasteiger partial charge in [-0.1, -0.05) is 23.5 Å². The van der Waals surface area contributed by atoms with Crippen molar-refractivity contribution in [2.45, 2.75) is 6.54 Å². The molecule has 0 aliphatic carbocycles. The summed E-state index contributed by atoms with van der Waals surface area (Å²) in [5.41, 5.74) is 0.958. The average Bonchev–Trinajstić information content (AvgIpc) is 3.11. The van der Waals surface area contributed by atoms with Gasteiger partial charge in [-0.2, -0.15) is 4.52 Å². The number of nitrogens with one attached hydrogen (secondary N) is 2. The van der Waals surface area contributed by atoms with Crippen LogP contribution in [0.4, 0.5) is 10.9 Å². The molecule has 3 N–H and O–H groups in total. The topological polar surface area (TPSA) is 112 Å². The molecule has 10 heteroatoms. The van der Waals surface area contributed by atoms with E-state index in [2.05, 4.69) is 25.6 Å². The van der Waals surface area contributed by atoms with Gasteiger partial charge in [0.05, 0.1) is 5.56 Å². The van der Waals surface area contributed by atoms with Crippen molar-refractivity contribution in [3.8, 4) is 0 Å². The number of carboxylic acids is 1. The molecule has 0 unspecified atom stereocenters. The molecule has 27 heavy (non-hydrogen) atoms. The number of carbonyl (C=O) groups is 1. The largest absolute Gasteiger partial charge is 0.478 e. The summed E-state index contributed by atoms with van der Waals surface area (Å²) in [5.74, 6) is -0.271. The van der Waals surface area contributed by atoms with E-state index in [1.807, 2.05) is 0 Å². The Bertz CT molecular complexity index is 1020. The maximum Gasteiger partial charge on any atom is 0.335 e. The average molecular weight is 386 g/mol. The van der Waals surface area contributed by atoms with Crippen molar-refractivity contribution in [2.24, 2.45) is 0 Å². The Labute approximate surface area is 158 Å². The number of piperazine rings is 1. The van der Waals surface area contributed by atoms with Crippen molar-refractivity contribution in [1.82, 2.24) is 19.9 Å². The number of fused-ring (bicyclic) bond motifs is 1. The Balaban J connectivity index is 1.51. The van der Waals surface area contributed by atoms with Crippen LogP contribution in [0.3, 0.4) is 0 Å². The van der Waals surface area contributed by atoms with Crippen LogP contribution in [0.2, 0.25) is 0 Å². The lowest BCUT2D eigenvalue weighted by Gasteiger charge is -2.27. The molecule has 4 rings (SSSR count). The van der Waals surface area contributed by atoms with Gasteiger partial charge in [-0.15, -0.1) is 5.10 Å². The van der Waals surface area contributed by atoms with Crippen molar-refractivity contribution in [1.29, 1.82) is 0 Å². The fourth-order valence-corrected chi connectivity index (χ4v) is 3.67. The van der Waals surface area contributed by atoms with E-state index in [4.69, 9.17) is 5.11 Å². The van der Waals surface area contributed by atoms with Gasteiger partial charge in [0.15, 0.2) is 0 Å². The van der Waals surface area contributed by atoms with E-state index >= 15 is 0 Å². The highest BCUT2D eigenvalue weighted by molar-refractivity contribution is 7.20. The van der Waals surface area contributed by atoms with Crippen LogP contribution in [0.25, 0.3) is 4.96 Å². The second-order valence-corrected chi connectivity index (χ2v) is 7.10. The number of benzene rings is 1. The van der Waals surface area contributed by atoms with Gasteiger partial charge in [-0.25, -0.2) is 9.78 Å². The molecule has 3 heterocycles. The Kier molecular flexibility index (Phi) is 4.73. The van der Waals surface area contributed by atoms with Gasteiger partial charge >= 0.3 is 5.97 Å². The summed E-state index contributed by atoms with van der Waals surface area (Å²) >= 11 is 1.31. The zero-order valence-corrected chi connectivity index (χ0v) is 15.2. The SMILES string of the molecule is O=C(O)c1ccc(CNc2nn3c(=O)cc(N4CCNCC4)nc3s2)cc1. The van der Waals surface area contributed by atoms with Gasteiger partial charge in [-0.05, 0) is 17.7 Å². The summed E-state index contributed by atoms with van der Waals surface area (Å²) in [6.45, 7) is 3.85. The molecule has 0 atom stereocenters. The van der Waals surface area contributed by atoms with Crippen molar-refractivity contribution in [3.63, 3.8) is 0 Å². The van der Waals surface area contributed by atoms with Crippen LogP contribution in [0.1, 0.15) is 15.9 Å². The normalized spacial score (nSPS) is 14.4. The molecule has 0 bridgehead atoms. The molecule has 0 spiro atoms. The van der Waals surface area contributed by atoms with E-state index in [-0.39, 0.29) is 11.1 Å². The molecule has 140 valence electrons. The number of hydrogen-bond acceptors (Lipinski definition) is 8. The Morgan fingerprint density at radius 1 is 1.26 bits per heavy atom. The van der Waals surface area contributed by atoms with Gasteiger partial charge < -0.3 is 20.6 Å². The highest BCUT2D eigenvalue weighted by atomic mass is 32.1. The third kappa shape index (κ3) is 3.76. The zero-order valence-electron chi connectivity index (χ0n) is 14.4. The van der Waals surface area contributed by atoms with E-state index < -0.39 is 5.97 Å². The molecular formula is C17H18N6O3S. The van der Waals surface area contributed by atoms with Crippen LogP contribution < -0.4 is 21.1 Å². The molecule has 9 nitrogen and oxygen atoms in total. The van der Waals surface area contributed by atoms with Gasteiger partial charge in [0, 0.05) is 38.8 Å². The second kappa shape index (κ2) is 7.33. The first-order valence-corrected chi connectivity index (χ1v) is 9.34. The van der Waals surface area contributed by atoms with Gasteiger partial charge in [0.1, 0.15) is 5.82 Å². The first-order chi connectivity index (χ1) is 13.1. The summed E-state index contributed by atoms with van der Waals surface area (Å²) in [4.78, 5) is 30.5. The molecule has 1 aliphatic rings. The first-order valence-electron chi connectivity index (χ1n) is 8.53. The van der Waals surface area contributed by atoms with Crippen LogP contribution in [0.15, 0.2) is 35.1 Å². The lowest BCUT2D eigenvalue weighted by atomic mass is 10.1. The number of rotatable bonds is 5.